The van der Waals surface area contributed by atoms with Crippen LogP contribution in [0.2, 0.25) is 0 Å². The molecule has 3 aromatic rings. The maximum absolute atomic E-state index is 12.5. The lowest BCUT2D eigenvalue weighted by atomic mass is 10.2. The second kappa shape index (κ2) is 7.01. The van der Waals surface area contributed by atoms with E-state index in [-0.39, 0.29) is 5.56 Å². The van der Waals surface area contributed by atoms with Gasteiger partial charge in [-0.3, -0.25) is 4.79 Å². The van der Waals surface area contributed by atoms with Gasteiger partial charge in [0.1, 0.15) is 4.83 Å². The number of thiophene rings is 1. The number of hydrogen-bond donors (Lipinski definition) is 1. The minimum absolute atomic E-state index is 0.200. The second-order valence-electron chi connectivity index (χ2n) is 5.66. The highest BCUT2D eigenvalue weighted by molar-refractivity contribution is 7.98. The largest absolute Gasteiger partial charge is 0.451 e. The Labute approximate surface area is 153 Å². The third-order valence-electron chi connectivity index (χ3n) is 4.05. The zero-order valence-corrected chi connectivity index (χ0v) is 16.0. The molecule has 3 rings (SSSR count). The summed E-state index contributed by atoms with van der Waals surface area (Å²) in [4.78, 5) is 34.6. The van der Waals surface area contributed by atoms with Gasteiger partial charge >= 0.3 is 5.97 Å². The van der Waals surface area contributed by atoms with Crippen LogP contribution in [-0.4, -0.2) is 22.2 Å². The van der Waals surface area contributed by atoms with E-state index in [1.165, 1.54) is 23.1 Å². The molecule has 2 heterocycles. The van der Waals surface area contributed by atoms with Crippen LogP contribution >= 0.6 is 23.1 Å². The first-order valence-electron chi connectivity index (χ1n) is 7.76. The Bertz CT molecular complexity index is 1010. The number of aromatic nitrogens is 2. The summed E-state index contributed by atoms with van der Waals surface area (Å²) in [5, 5.41) is 0.609. The van der Waals surface area contributed by atoms with E-state index in [2.05, 4.69) is 9.97 Å². The third-order valence-corrected chi connectivity index (χ3v) is 5.95. The molecule has 0 unspecified atom stereocenters. The van der Waals surface area contributed by atoms with E-state index >= 15 is 0 Å². The lowest BCUT2D eigenvalue weighted by molar-refractivity contribution is 0.0316. The zero-order chi connectivity index (χ0) is 18.1. The highest BCUT2D eigenvalue weighted by Gasteiger charge is 2.20. The molecule has 1 N–H and O–H groups in total. The van der Waals surface area contributed by atoms with Crippen molar-refractivity contribution < 1.29 is 9.53 Å². The molecular weight excluding hydrogens is 356 g/mol. The van der Waals surface area contributed by atoms with Crippen molar-refractivity contribution in [2.75, 3.05) is 6.26 Å². The normalized spacial score (nSPS) is 12.3. The number of benzene rings is 1. The Morgan fingerprint density at radius 3 is 2.76 bits per heavy atom. The van der Waals surface area contributed by atoms with Crippen LogP contribution in [0.15, 0.2) is 34.0 Å². The lowest BCUT2D eigenvalue weighted by Gasteiger charge is -2.14. The number of esters is 1. The maximum Gasteiger partial charge on any atom is 0.339 e. The number of nitrogens with one attached hydrogen (secondary N) is 1. The number of hydrogen-bond acceptors (Lipinski definition) is 6. The van der Waals surface area contributed by atoms with Crippen LogP contribution < -0.4 is 5.56 Å². The van der Waals surface area contributed by atoms with E-state index in [1.54, 1.807) is 19.1 Å². The minimum atomic E-state index is -0.651. The number of aryl methyl sites for hydroxylation is 2. The molecule has 0 saturated carbocycles. The molecule has 0 spiro atoms. The Hall–Kier alpha value is -2.12. The zero-order valence-electron chi connectivity index (χ0n) is 14.4. The molecule has 0 amide bonds. The van der Waals surface area contributed by atoms with Crippen LogP contribution in [0.5, 0.6) is 0 Å². The Morgan fingerprint density at radius 2 is 2.04 bits per heavy atom. The number of ether oxygens (including phenoxy) is 1. The minimum Gasteiger partial charge on any atom is -0.451 e. The number of fused-ring (bicyclic) bond motifs is 1. The van der Waals surface area contributed by atoms with E-state index in [0.717, 1.165) is 15.3 Å². The highest BCUT2D eigenvalue weighted by Crippen LogP contribution is 2.27. The first-order valence-corrected chi connectivity index (χ1v) is 9.80. The number of H-pyrrole nitrogens is 1. The molecular formula is C18H18N2O3S2. The van der Waals surface area contributed by atoms with Gasteiger partial charge in [0.05, 0.1) is 10.9 Å². The highest BCUT2D eigenvalue weighted by atomic mass is 32.2. The summed E-state index contributed by atoms with van der Waals surface area (Å²) >= 11 is 2.95. The van der Waals surface area contributed by atoms with Gasteiger partial charge in [-0.2, -0.15) is 0 Å². The van der Waals surface area contributed by atoms with Crippen molar-refractivity contribution in [1.29, 1.82) is 0 Å². The molecule has 25 heavy (non-hydrogen) atoms. The molecule has 1 atom stereocenters. The molecule has 5 nitrogen and oxygen atoms in total. The van der Waals surface area contributed by atoms with Gasteiger partial charge in [-0.15, -0.1) is 23.1 Å². The van der Waals surface area contributed by atoms with Crippen molar-refractivity contribution in [3.05, 3.63) is 56.4 Å². The Balaban J connectivity index is 1.91. The van der Waals surface area contributed by atoms with Crippen molar-refractivity contribution in [1.82, 2.24) is 9.97 Å². The van der Waals surface area contributed by atoms with Gasteiger partial charge in [-0.25, -0.2) is 9.78 Å². The summed E-state index contributed by atoms with van der Waals surface area (Å²) < 4.78 is 5.53. The number of carbonyl (C=O) groups is 1. The summed E-state index contributed by atoms with van der Waals surface area (Å²) in [6.07, 6.45) is 1.26. The third kappa shape index (κ3) is 3.34. The molecule has 0 radical (unpaired) electrons. The topological polar surface area (TPSA) is 72.0 Å². The van der Waals surface area contributed by atoms with E-state index in [1.807, 2.05) is 32.2 Å². The lowest BCUT2D eigenvalue weighted by Crippen LogP contribution is -2.17. The molecule has 0 aliphatic rings. The van der Waals surface area contributed by atoms with Gasteiger partial charge in [-0.1, -0.05) is 12.1 Å². The number of nitrogens with zero attached hydrogens (tertiary/aromatic N) is 1. The van der Waals surface area contributed by atoms with Gasteiger partial charge in [0.2, 0.25) is 0 Å². The number of rotatable bonds is 4. The van der Waals surface area contributed by atoms with Gasteiger partial charge in [0.25, 0.3) is 5.56 Å². The van der Waals surface area contributed by atoms with Crippen molar-refractivity contribution >= 4 is 39.3 Å². The molecule has 0 bridgehead atoms. The smallest absolute Gasteiger partial charge is 0.339 e. The van der Waals surface area contributed by atoms with Gasteiger partial charge in [0, 0.05) is 9.77 Å². The van der Waals surface area contributed by atoms with E-state index < -0.39 is 12.1 Å². The van der Waals surface area contributed by atoms with Gasteiger partial charge < -0.3 is 9.72 Å². The average Bonchev–Trinajstić information content (AvgIpc) is 2.89. The standard InChI is InChI=1S/C18H18N2O3S2/c1-9-11(3)25-17-14(9)16(21)19-15(20-17)10(2)23-18(22)12-7-5-6-8-13(12)24-4/h5-8,10H,1-4H3,(H,19,20,21)/t10-/m1/s1. The summed E-state index contributed by atoms with van der Waals surface area (Å²) in [5.41, 5.74) is 1.25. The predicted molar refractivity (Wildman–Crippen MR) is 102 cm³/mol. The van der Waals surface area contributed by atoms with Crippen LogP contribution in [0, 0.1) is 13.8 Å². The monoisotopic (exact) mass is 374 g/mol. The molecule has 0 aliphatic carbocycles. The predicted octanol–water partition coefficient (Wildman–Crippen LogP) is 4.24. The number of thioether (sulfide) groups is 1. The van der Waals surface area contributed by atoms with E-state index in [0.29, 0.717) is 21.6 Å². The van der Waals surface area contributed by atoms with Gasteiger partial charge in [0.15, 0.2) is 11.9 Å². The first kappa shape index (κ1) is 17.7. The van der Waals surface area contributed by atoms with Crippen LogP contribution in [0.3, 0.4) is 0 Å². The molecule has 0 aliphatic heterocycles. The van der Waals surface area contributed by atoms with Crippen molar-refractivity contribution in [3.8, 4) is 0 Å². The molecule has 130 valence electrons. The van der Waals surface area contributed by atoms with Crippen LogP contribution in [0.4, 0.5) is 0 Å². The molecule has 0 saturated heterocycles. The average molecular weight is 374 g/mol. The quantitative estimate of drug-likeness (QED) is 0.546. The fraction of sp³-hybridized carbons (Fsp3) is 0.278. The SMILES string of the molecule is CSc1ccccc1C(=O)O[C@H](C)c1nc2sc(C)c(C)c2c(=O)[nH]1. The van der Waals surface area contributed by atoms with Crippen molar-refractivity contribution in [3.63, 3.8) is 0 Å². The molecule has 0 fully saturated rings. The Kier molecular flexibility index (Phi) is 4.96. The number of aromatic amines is 1. The second-order valence-corrected chi connectivity index (χ2v) is 7.71. The van der Waals surface area contributed by atoms with Crippen molar-refractivity contribution in [2.24, 2.45) is 0 Å². The summed E-state index contributed by atoms with van der Waals surface area (Å²) in [6.45, 7) is 5.58. The maximum atomic E-state index is 12.5. The van der Waals surface area contributed by atoms with Crippen molar-refractivity contribution in [2.45, 2.75) is 31.8 Å². The fourth-order valence-corrected chi connectivity index (χ4v) is 4.18. The van der Waals surface area contributed by atoms with Crippen LogP contribution in [-0.2, 0) is 4.74 Å². The summed E-state index contributed by atoms with van der Waals surface area (Å²) in [7, 11) is 0. The summed E-state index contributed by atoms with van der Waals surface area (Å²) in [6, 6.07) is 7.27. The van der Waals surface area contributed by atoms with Crippen LogP contribution in [0.1, 0.15) is 39.7 Å². The molecule has 2 aromatic heterocycles. The first-order chi connectivity index (χ1) is 11.9. The number of carbonyl (C=O) groups excluding carboxylic acids is 1. The summed E-state index contributed by atoms with van der Waals surface area (Å²) in [5.74, 6) is -0.0764. The molecule has 7 heteroatoms. The van der Waals surface area contributed by atoms with Gasteiger partial charge in [-0.05, 0) is 44.7 Å². The fourth-order valence-electron chi connectivity index (χ4n) is 2.56. The Morgan fingerprint density at radius 1 is 1.32 bits per heavy atom. The molecule has 1 aromatic carbocycles. The van der Waals surface area contributed by atoms with E-state index in [4.69, 9.17) is 4.74 Å². The van der Waals surface area contributed by atoms with Crippen LogP contribution in [0.25, 0.3) is 10.2 Å². The van der Waals surface area contributed by atoms with E-state index in [9.17, 15) is 9.59 Å².